The van der Waals surface area contributed by atoms with E-state index in [-0.39, 0.29) is 9.79 Å². The van der Waals surface area contributed by atoms with Crippen LogP contribution in [0.1, 0.15) is 64.2 Å². The van der Waals surface area contributed by atoms with Crippen LogP contribution in [-0.4, -0.2) is 95.4 Å². The van der Waals surface area contributed by atoms with Gasteiger partial charge in [0.1, 0.15) is 11.0 Å². The molecule has 2 aromatic carbocycles. The third-order valence-corrected chi connectivity index (χ3v) is 13.7. The number of sulfonamides is 2. The fraction of sp³-hybridized carbons (Fsp3) is 0.436. The van der Waals surface area contributed by atoms with Crippen LogP contribution >= 0.6 is 0 Å². The molecule has 0 spiro atoms. The van der Waals surface area contributed by atoms with Crippen molar-refractivity contribution in [3.05, 3.63) is 61.2 Å². The number of H-pyrrole nitrogens is 2. The number of ether oxygens (including phenoxy) is 2. The lowest BCUT2D eigenvalue weighted by Gasteiger charge is -2.21. The molecular formula is C39H50N12O6S2. The van der Waals surface area contributed by atoms with E-state index in [0.717, 1.165) is 0 Å². The number of anilines is 4. The SMILES string of the molecule is CN(C)S(=O)(=O)c1ccc(Nc2nc(OCC3CCCCC3)c3[nH]cnc3n2)cc1.CNS(=O)(=O)c1ccc(Nc2nc(OCC3CCCCC3)c3[nH]cnc3n2)cc1. The molecule has 5 N–H and O–H groups in total. The van der Waals surface area contributed by atoms with Gasteiger partial charge >= 0.3 is 0 Å². The van der Waals surface area contributed by atoms with E-state index in [0.29, 0.717) is 82.4 Å². The Balaban J connectivity index is 0.000000179. The highest BCUT2D eigenvalue weighted by Crippen LogP contribution is 2.29. The van der Waals surface area contributed by atoms with Gasteiger partial charge in [0, 0.05) is 25.5 Å². The monoisotopic (exact) mass is 846 g/mol. The maximum atomic E-state index is 12.2. The van der Waals surface area contributed by atoms with Crippen molar-refractivity contribution in [3.63, 3.8) is 0 Å². The van der Waals surface area contributed by atoms with E-state index < -0.39 is 20.0 Å². The van der Waals surface area contributed by atoms with Gasteiger partial charge in [-0.2, -0.15) is 19.9 Å². The number of fused-ring (bicyclic) bond motifs is 2. The largest absolute Gasteiger partial charge is 0.476 e. The molecule has 2 saturated carbocycles. The van der Waals surface area contributed by atoms with Gasteiger partial charge in [0.25, 0.3) is 0 Å². The molecule has 4 aromatic heterocycles. The highest BCUT2D eigenvalue weighted by Gasteiger charge is 2.20. The average Bonchev–Trinajstić information content (AvgIpc) is 3.94. The predicted molar refractivity (Wildman–Crippen MR) is 224 cm³/mol. The molecule has 0 bridgehead atoms. The summed E-state index contributed by atoms with van der Waals surface area (Å²) in [6.07, 6.45) is 15.5. The molecule has 2 fully saturated rings. The Bertz CT molecular complexity index is 2540. The van der Waals surface area contributed by atoms with Crippen molar-refractivity contribution in [3.8, 4) is 11.8 Å². The second kappa shape index (κ2) is 18.6. The van der Waals surface area contributed by atoms with E-state index in [1.54, 1.807) is 49.1 Å². The van der Waals surface area contributed by atoms with E-state index in [9.17, 15) is 16.8 Å². The molecule has 0 saturated heterocycles. The molecule has 0 aliphatic heterocycles. The van der Waals surface area contributed by atoms with E-state index in [1.165, 1.54) is 102 Å². The van der Waals surface area contributed by atoms with Crippen LogP contribution in [0.4, 0.5) is 23.3 Å². The number of aromatic amines is 2. The molecule has 314 valence electrons. The van der Waals surface area contributed by atoms with Gasteiger partial charge in [-0.25, -0.2) is 35.8 Å². The van der Waals surface area contributed by atoms with Gasteiger partial charge in [-0.05, 0) is 93.1 Å². The van der Waals surface area contributed by atoms with Crippen LogP contribution in [0.25, 0.3) is 22.3 Å². The van der Waals surface area contributed by atoms with Crippen LogP contribution < -0.4 is 24.8 Å². The third kappa shape index (κ3) is 10.4. The van der Waals surface area contributed by atoms with Gasteiger partial charge in [-0.1, -0.05) is 38.5 Å². The number of rotatable bonds is 14. The van der Waals surface area contributed by atoms with Crippen LogP contribution in [0.5, 0.6) is 11.8 Å². The van der Waals surface area contributed by atoms with Gasteiger partial charge in [-0.15, -0.1) is 0 Å². The zero-order chi connectivity index (χ0) is 41.4. The lowest BCUT2D eigenvalue weighted by atomic mass is 9.90. The lowest BCUT2D eigenvalue weighted by molar-refractivity contribution is 0.204. The van der Waals surface area contributed by atoms with Crippen LogP contribution in [0, 0.1) is 11.8 Å². The minimum absolute atomic E-state index is 0.186. The van der Waals surface area contributed by atoms with Crippen molar-refractivity contribution in [2.45, 2.75) is 74.0 Å². The fourth-order valence-corrected chi connectivity index (χ4v) is 8.68. The number of imidazole rings is 2. The number of hydrogen-bond donors (Lipinski definition) is 5. The first-order chi connectivity index (χ1) is 28.5. The van der Waals surface area contributed by atoms with Crippen LogP contribution in [0.3, 0.4) is 0 Å². The maximum absolute atomic E-state index is 12.2. The van der Waals surface area contributed by atoms with Gasteiger partial charge in [-0.3, -0.25) is 0 Å². The average molecular weight is 847 g/mol. The molecule has 2 aliphatic carbocycles. The summed E-state index contributed by atoms with van der Waals surface area (Å²) in [6, 6.07) is 12.8. The molecule has 18 nitrogen and oxygen atoms in total. The van der Waals surface area contributed by atoms with Crippen LogP contribution in [0.2, 0.25) is 0 Å². The molecule has 2 aliphatic rings. The Morgan fingerprint density at radius 1 is 0.627 bits per heavy atom. The van der Waals surface area contributed by atoms with Crippen LogP contribution in [-0.2, 0) is 20.0 Å². The molecule has 0 amide bonds. The Morgan fingerprint density at radius 2 is 1.05 bits per heavy atom. The molecule has 0 unspecified atom stereocenters. The van der Waals surface area contributed by atoms with Crippen molar-refractivity contribution in [1.29, 1.82) is 0 Å². The molecule has 59 heavy (non-hydrogen) atoms. The van der Waals surface area contributed by atoms with Crippen molar-refractivity contribution < 1.29 is 26.3 Å². The smallest absolute Gasteiger partial charge is 0.245 e. The van der Waals surface area contributed by atoms with E-state index in [2.05, 4.69) is 55.2 Å². The van der Waals surface area contributed by atoms with Crippen molar-refractivity contribution >= 4 is 65.6 Å². The Kier molecular flexibility index (Phi) is 13.2. The fourth-order valence-electron chi connectivity index (χ4n) is 7.05. The van der Waals surface area contributed by atoms with Crippen LogP contribution in [0.15, 0.2) is 71.0 Å². The minimum atomic E-state index is -3.48. The number of hydrogen-bond acceptors (Lipinski definition) is 14. The van der Waals surface area contributed by atoms with Gasteiger partial charge in [0.2, 0.25) is 43.7 Å². The number of aromatic nitrogens is 8. The molecule has 0 atom stereocenters. The summed E-state index contributed by atoms with van der Waals surface area (Å²) in [6.45, 7) is 1.25. The second-order valence-corrected chi connectivity index (χ2v) is 18.9. The number of nitrogens with zero attached hydrogens (tertiary/aromatic N) is 7. The summed E-state index contributed by atoms with van der Waals surface area (Å²) >= 11 is 0. The first-order valence-corrected chi connectivity index (χ1v) is 22.7. The zero-order valence-corrected chi connectivity index (χ0v) is 34.9. The lowest BCUT2D eigenvalue weighted by Crippen LogP contribution is -2.22. The molecule has 8 rings (SSSR count). The summed E-state index contributed by atoms with van der Waals surface area (Å²) in [4.78, 5) is 32.7. The van der Waals surface area contributed by atoms with E-state index >= 15 is 0 Å². The topological polar surface area (TPSA) is 235 Å². The molecule has 6 aromatic rings. The molecular weight excluding hydrogens is 797 g/mol. The Labute approximate surface area is 343 Å². The Hall–Kier alpha value is -5.44. The van der Waals surface area contributed by atoms with Crippen molar-refractivity contribution in [2.24, 2.45) is 11.8 Å². The number of nitrogens with one attached hydrogen (secondary N) is 5. The van der Waals surface area contributed by atoms with Gasteiger partial charge in [0.05, 0.1) is 35.7 Å². The van der Waals surface area contributed by atoms with Gasteiger partial charge < -0.3 is 30.1 Å². The maximum Gasteiger partial charge on any atom is 0.245 e. The van der Waals surface area contributed by atoms with Crippen molar-refractivity contribution in [1.82, 2.24) is 48.9 Å². The normalized spacial score (nSPS) is 15.5. The standard InChI is InChI=1S/C20H26N6O3S.C19H24N6O3S/c1-26(2)30(27,28)16-10-8-15(9-11-16)23-20-24-18-17(21-13-22-18)19(25-20)29-12-14-6-4-3-5-7-14;1-20-29(26,27)15-9-7-14(8-10-15)23-19-24-17-16(21-12-22-17)18(25-19)28-11-13-5-3-2-4-6-13/h8-11,13-14H,3-7,12H2,1-2H3,(H2,21,22,23,24,25);7-10,12-13,20H,2-6,11H2,1H3,(H2,21,22,23,24,25). The Morgan fingerprint density at radius 3 is 1.46 bits per heavy atom. The summed E-state index contributed by atoms with van der Waals surface area (Å²) < 4.78 is 63.7. The summed E-state index contributed by atoms with van der Waals surface area (Å²) in [5.41, 5.74) is 3.69. The van der Waals surface area contributed by atoms with E-state index in [4.69, 9.17) is 9.47 Å². The second-order valence-electron chi connectivity index (χ2n) is 14.8. The highest BCUT2D eigenvalue weighted by atomic mass is 32.2. The van der Waals surface area contributed by atoms with Gasteiger partial charge in [0.15, 0.2) is 11.3 Å². The number of benzene rings is 2. The molecule has 20 heteroatoms. The van der Waals surface area contributed by atoms with Crippen molar-refractivity contribution in [2.75, 3.05) is 45.0 Å². The first-order valence-electron chi connectivity index (χ1n) is 19.8. The predicted octanol–water partition coefficient (Wildman–Crippen LogP) is 6.27. The first kappa shape index (κ1) is 41.7. The molecule has 0 radical (unpaired) electrons. The summed E-state index contributed by atoms with van der Waals surface area (Å²) in [5, 5.41) is 6.20. The quantitative estimate of drug-likeness (QED) is 0.0813. The third-order valence-electron chi connectivity index (χ3n) is 10.4. The van der Waals surface area contributed by atoms with E-state index in [1.807, 2.05) is 0 Å². The minimum Gasteiger partial charge on any atom is -0.476 e. The highest BCUT2D eigenvalue weighted by molar-refractivity contribution is 7.89. The zero-order valence-electron chi connectivity index (χ0n) is 33.3. The summed E-state index contributed by atoms with van der Waals surface area (Å²) in [5.74, 6) is 2.72. The summed E-state index contributed by atoms with van der Waals surface area (Å²) in [7, 11) is -2.56. The molecule has 4 heterocycles.